The largest absolute Gasteiger partial charge is 0.497 e. The molecule has 0 atom stereocenters. The lowest BCUT2D eigenvalue weighted by Crippen LogP contribution is -2.33. The lowest BCUT2D eigenvalue weighted by Gasteiger charge is -2.24. The minimum absolute atomic E-state index is 0.310. The summed E-state index contributed by atoms with van der Waals surface area (Å²) < 4.78 is 10.6. The number of imidazole rings is 1. The van der Waals surface area contributed by atoms with Gasteiger partial charge in [-0.15, -0.1) is 0 Å². The first-order valence-corrected chi connectivity index (χ1v) is 7.56. The zero-order chi connectivity index (χ0) is 16.6. The molecule has 1 aliphatic rings. The molecular formula is C17H21N3O3. The molecule has 1 aromatic carbocycles. The molecule has 6 heteroatoms. The first-order chi connectivity index (χ1) is 10.9. The van der Waals surface area contributed by atoms with Gasteiger partial charge in [0.15, 0.2) is 0 Å². The molecular weight excluding hydrogens is 294 g/mol. The minimum atomic E-state index is -0.491. The van der Waals surface area contributed by atoms with E-state index in [1.54, 1.807) is 12.0 Å². The third-order valence-corrected chi connectivity index (χ3v) is 3.57. The number of nitrogens with zero attached hydrogens (tertiary/aromatic N) is 2. The van der Waals surface area contributed by atoms with E-state index in [1.807, 2.05) is 45.0 Å². The number of aromatic amines is 1. The number of H-pyrrole nitrogens is 1. The molecule has 23 heavy (non-hydrogen) atoms. The van der Waals surface area contributed by atoms with Crippen LogP contribution in [0.3, 0.4) is 0 Å². The number of ether oxygens (including phenoxy) is 2. The van der Waals surface area contributed by atoms with Gasteiger partial charge in [-0.25, -0.2) is 9.78 Å². The van der Waals surface area contributed by atoms with Gasteiger partial charge in [-0.05, 0) is 45.0 Å². The van der Waals surface area contributed by atoms with E-state index in [0.717, 1.165) is 28.5 Å². The molecule has 3 rings (SSSR count). The van der Waals surface area contributed by atoms with Gasteiger partial charge in [-0.1, -0.05) is 0 Å². The number of carbonyl (C=O) groups excluding carboxylic acids is 1. The number of methoxy groups -OCH3 is 1. The Balaban J connectivity index is 1.71. The third kappa shape index (κ3) is 3.31. The van der Waals surface area contributed by atoms with E-state index < -0.39 is 5.60 Å². The summed E-state index contributed by atoms with van der Waals surface area (Å²) in [5, 5.41) is 0. The van der Waals surface area contributed by atoms with Crippen LogP contribution in [0.4, 0.5) is 4.79 Å². The normalized spacial score (nSPS) is 13.8. The van der Waals surface area contributed by atoms with Crippen LogP contribution in [0.25, 0.3) is 11.4 Å². The van der Waals surface area contributed by atoms with Gasteiger partial charge >= 0.3 is 6.09 Å². The van der Waals surface area contributed by atoms with Crippen molar-refractivity contribution in [3.8, 4) is 17.1 Å². The fraction of sp³-hybridized carbons (Fsp3) is 0.412. The van der Waals surface area contributed by atoms with E-state index in [2.05, 4.69) is 9.97 Å². The van der Waals surface area contributed by atoms with Crippen LogP contribution in [-0.2, 0) is 17.8 Å². The Morgan fingerprint density at radius 3 is 2.48 bits per heavy atom. The van der Waals surface area contributed by atoms with E-state index >= 15 is 0 Å². The number of nitrogens with one attached hydrogen (secondary N) is 1. The molecule has 0 saturated heterocycles. The first-order valence-electron chi connectivity index (χ1n) is 7.56. The molecule has 0 unspecified atom stereocenters. The summed E-state index contributed by atoms with van der Waals surface area (Å²) >= 11 is 0. The summed E-state index contributed by atoms with van der Waals surface area (Å²) in [6, 6.07) is 7.71. The molecule has 122 valence electrons. The predicted molar refractivity (Wildman–Crippen MR) is 86.1 cm³/mol. The molecule has 1 amide bonds. The number of hydrogen-bond acceptors (Lipinski definition) is 4. The summed E-state index contributed by atoms with van der Waals surface area (Å²) in [6.07, 6.45) is -0.310. The second kappa shape index (κ2) is 5.61. The number of aromatic nitrogens is 2. The van der Waals surface area contributed by atoms with Gasteiger partial charge in [0.05, 0.1) is 31.6 Å². The lowest BCUT2D eigenvalue weighted by atomic mass is 10.2. The Morgan fingerprint density at radius 2 is 1.91 bits per heavy atom. The van der Waals surface area contributed by atoms with Crippen LogP contribution in [0, 0.1) is 0 Å². The average Bonchev–Trinajstić information content (AvgIpc) is 3.04. The van der Waals surface area contributed by atoms with Gasteiger partial charge in [0.2, 0.25) is 0 Å². The summed E-state index contributed by atoms with van der Waals surface area (Å²) in [7, 11) is 1.64. The Kier molecular flexibility index (Phi) is 3.75. The van der Waals surface area contributed by atoms with Crippen molar-refractivity contribution in [2.24, 2.45) is 0 Å². The fourth-order valence-electron chi connectivity index (χ4n) is 2.48. The maximum Gasteiger partial charge on any atom is 0.410 e. The summed E-state index contributed by atoms with van der Waals surface area (Å²) in [4.78, 5) is 21.6. The molecule has 0 spiro atoms. The maximum atomic E-state index is 12.1. The Hall–Kier alpha value is -2.50. The highest BCUT2D eigenvalue weighted by Crippen LogP contribution is 2.27. The van der Waals surface area contributed by atoms with Gasteiger partial charge in [0, 0.05) is 5.56 Å². The van der Waals surface area contributed by atoms with Crippen molar-refractivity contribution in [3.05, 3.63) is 35.7 Å². The van der Waals surface area contributed by atoms with Crippen molar-refractivity contribution < 1.29 is 14.3 Å². The summed E-state index contributed by atoms with van der Waals surface area (Å²) in [6.45, 7) is 6.55. The zero-order valence-electron chi connectivity index (χ0n) is 13.8. The van der Waals surface area contributed by atoms with Crippen molar-refractivity contribution in [2.45, 2.75) is 39.5 Å². The van der Waals surface area contributed by atoms with E-state index in [0.29, 0.717) is 13.1 Å². The van der Waals surface area contributed by atoms with Gasteiger partial charge in [0.1, 0.15) is 17.2 Å². The van der Waals surface area contributed by atoms with E-state index in [9.17, 15) is 4.79 Å². The smallest absolute Gasteiger partial charge is 0.410 e. The molecule has 6 nitrogen and oxygen atoms in total. The number of carbonyl (C=O) groups is 1. The summed E-state index contributed by atoms with van der Waals surface area (Å²) in [5.41, 5.74) is 2.35. The topological polar surface area (TPSA) is 67.5 Å². The van der Waals surface area contributed by atoms with Crippen molar-refractivity contribution >= 4 is 6.09 Å². The predicted octanol–water partition coefficient (Wildman–Crippen LogP) is 3.34. The number of hydrogen-bond donors (Lipinski definition) is 1. The van der Waals surface area contributed by atoms with E-state index in [4.69, 9.17) is 9.47 Å². The van der Waals surface area contributed by atoms with Gasteiger partial charge in [-0.3, -0.25) is 4.90 Å². The molecule has 2 aromatic rings. The molecule has 0 bridgehead atoms. The highest BCUT2D eigenvalue weighted by Gasteiger charge is 2.30. The molecule has 0 radical (unpaired) electrons. The number of benzene rings is 1. The first kappa shape index (κ1) is 15.4. The van der Waals surface area contributed by atoms with Crippen molar-refractivity contribution in [1.29, 1.82) is 0 Å². The van der Waals surface area contributed by atoms with Crippen LogP contribution < -0.4 is 4.74 Å². The van der Waals surface area contributed by atoms with Crippen LogP contribution in [0.15, 0.2) is 24.3 Å². The molecule has 1 N–H and O–H groups in total. The lowest BCUT2D eigenvalue weighted by molar-refractivity contribution is 0.0239. The van der Waals surface area contributed by atoms with E-state index in [-0.39, 0.29) is 6.09 Å². The molecule has 1 aromatic heterocycles. The molecule has 2 heterocycles. The Morgan fingerprint density at radius 1 is 1.22 bits per heavy atom. The molecule has 0 saturated carbocycles. The van der Waals surface area contributed by atoms with Crippen LogP contribution in [0.5, 0.6) is 5.75 Å². The van der Waals surface area contributed by atoms with Crippen molar-refractivity contribution in [2.75, 3.05) is 7.11 Å². The SMILES string of the molecule is COc1ccc(-c2nc3c([nH]2)CN(C(=O)OC(C)(C)C)C3)cc1. The zero-order valence-corrected chi connectivity index (χ0v) is 13.8. The van der Waals surface area contributed by atoms with Crippen molar-refractivity contribution in [1.82, 2.24) is 14.9 Å². The second-order valence-electron chi connectivity index (χ2n) is 6.58. The minimum Gasteiger partial charge on any atom is -0.497 e. The quantitative estimate of drug-likeness (QED) is 0.923. The number of amides is 1. The fourth-order valence-corrected chi connectivity index (χ4v) is 2.48. The van der Waals surface area contributed by atoms with Crippen LogP contribution in [0.1, 0.15) is 32.2 Å². The second-order valence-corrected chi connectivity index (χ2v) is 6.58. The maximum absolute atomic E-state index is 12.1. The summed E-state index contributed by atoms with van der Waals surface area (Å²) in [5.74, 6) is 1.62. The number of rotatable bonds is 2. The van der Waals surface area contributed by atoms with Gasteiger partial charge in [0.25, 0.3) is 0 Å². The number of fused-ring (bicyclic) bond motifs is 1. The monoisotopic (exact) mass is 315 g/mol. The van der Waals surface area contributed by atoms with Crippen LogP contribution in [0.2, 0.25) is 0 Å². The van der Waals surface area contributed by atoms with Crippen molar-refractivity contribution in [3.63, 3.8) is 0 Å². The Labute approximate surface area is 135 Å². The molecule has 0 fully saturated rings. The molecule has 1 aliphatic heterocycles. The van der Waals surface area contributed by atoms with Crippen LogP contribution >= 0.6 is 0 Å². The average molecular weight is 315 g/mol. The highest BCUT2D eigenvalue weighted by molar-refractivity contribution is 5.69. The Bertz CT molecular complexity index is 690. The van der Waals surface area contributed by atoms with Crippen LogP contribution in [-0.4, -0.2) is 33.7 Å². The molecule has 0 aliphatic carbocycles. The highest BCUT2D eigenvalue weighted by atomic mass is 16.6. The standard InChI is InChI=1S/C17H21N3O3/c1-17(2,3)23-16(21)20-9-13-14(10-20)19-15(18-13)11-5-7-12(22-4)8-6-11/h5-8H,9-10H2,1-4H3,(H,18,19). The van der Waals surface area contributed by atoms with Gasteiger partial charge < -0.3 is 14.5 Å². The van der Waals surface area contributed by atoms with Gasteiger partial charge in [-0.2, -0.15) is 0 Å². The van der Waals surface area contributed by atoms with E-state index in [1.165, 1.54) is 0 Å². The third-order valence-electron chi connectivity index (χ3n) is 3.57.